The number of aliphatic imine (C=N–C) groups is 1. The molecule has 3 N–H and O–H groups in total. The smallest absolute Gasteiger partial charge is 0.359 e. The highest BCUT2D eigenvalue weighted by Gasteiger charge is 2.36. The van der Waals surface area contributed by atoms with Crippen molar-refractivity contribution in [2.24, 2.45) is 4.99 Å². The number of anilines is 1. The van der Waals surface area contributed by atoms with Crippen LogP contribution in [0.15, 0.2) is 65.8 Å². The van der Waals surface area contributed by atoms with Crippen LogP contribution in [0.25, 0.3) is 0 Å². The van der Waals surface area contributed by atoms with E-state index in [1.165, 1.54) is 31.4 Å². The van der Waals surface area contributed by atoms with Crippen LogP contribution in [-0.2, 0) is 6.18 Å². The second-order valence-corrected chi connectivity index (χ2v) is 6.80. The number of hydrogen-bond donors (Lipinski definition) is 3. The van der Waals surface area contributed by atoms with Gasteiger partial charge in [-0.3, -0.25) is 0 Å². The summed E-state index contributed by atoms with van der Waals surface area (Å²) in [5.74, 6) is 0.366. The summed E-state index contributed by atoms with van der Waals surface area (Å²) in [5, 5.41) is 13.1. The third kappa shape index (κ3) is 5.95. The molecule has 0 amide bonds. The first-order valence-electron chi connectivity index (χ1n) is 9.88. The maximum atomic E-state index is 13.3. The molecule has 1 aliphatic rings. The Hall–Kier alpha value is -3.09. The average molecular weight is 416 g/mol. The maximum absolute atomic E-state index is 13.3. The number of amidine groups is 1. The van der Waals surface area contributed by atoms with Gasteiger partial charge in [0.25, 0.3) is 0 Å². The molecule has 1 unspecified atom stereocenters. The van der Waals surface area contributed by atoms with E-state index >= 15 is 0 Å². The van der Waals surface area contributed by atoms with Gasteiger partial charge in [-0.05, 0) is 18.2 Å². The molecule has 0 radical (unpaired) electrons. The van der Waals surface area contributed by atoms with Gasteiger partial charge in [-0.15, -0.1) is 0 Å². The summed E-state index contributed by atoms with van der Waals surface area (Å²) < 4.78 is 40.0. The second kappa shape index (κ2) is 10.6. The molecule has 1 heterocycles. The quantitative estimate of drug-likeness (QED) is 0.486. The van der Waals surface area contributed by atoms with Crippen LogP contribution in [0.1, 0.15) is 56.0 Å². The van der Waals surface area contributed by atoms with Crippen LogP contribution >= 0.6 is 0 Å². The number of rotatable bonds is 5. The Bertz CT molecular complexity index is 901. The Morgan fingerprint density at radius 3 is 2.37 bits per heavy atom. The fourth-order valence-electron chi connectivity index (χ4n) is 2.98. The van der Waals surface area contributed by atoms with E-state index in [1.54, 1.807) is 30.3 Å². The Balaban J connectivity index is 0.000000575. The van der Waals surface area contributed by atoms with E-state index in [4.69, 9.17) is 5.41 Å². The topological polar surface area (TPSA) is 60.3 Å². The first kappa shape index (κ1) is 23.2. The molecule has 0 saturated carbocycles. The van der Waals surface area contributed by atoms with Crippen molar-refractivity contribution in [1.29, 1.82) is 5.41 Å². The summed E-state index contributed by atoms with van der Waals surface area (Å²) >= 11 is 0. The molecule has 0 bridgehead atoms. The zero-order valence-corrected chi connectivity index (χ0v) is 17.2. The average Bonchev–Trinajstić information content (AvgIpc) is 2.74. The van der Waals surface area contributed by atoms with E-state index in [2.05, 4.69) is 36.1 Å². The highest BCUT2D eigenvalue weighted by atomic mass is 19.4. The number of allylic oxidation sites excluding steroid dienone is 1. The van der Waals surface area contributed by atoms with Gasteiger partial charge < -0.3 is 16.0 Å². The highest BCUT2D eigenvalue weighted by molar-refractivity contribution is 6.07. The lowest BCUT2D eigenvalue weighted by Gasteiger charge is -2.28. The molecule has 2 aromatic carbocycles. The number of halogens is 3. The van der Waals surface area contributed by atoms with Crippen molar-refractivity contribution < 1.29 is 13.2 Å². The van der Waals surface area contributed by atoms with Gasteiger partial charge in [-0.25, -0.2) is 4.99 Å². The molecule has 4 nitrogen and oxygen atoms in total. The third-order valence-electron chi connectivity index (χ3n) is 4.45. The fraction of sp³-hybridized carbons (Fsp3) is 0.304. The lowest BCUT2D eigenvalue weighted by atomic mass is 10.0. The summed E-state index contributed by atoms with van der Waals surface area (Å²) in [4.78, 5) is 4.39. The van der Waals surface area contributed by atoms with Crippen molar-refractivity contribution in [3.63, 3.8) is 0 Å². The number of alkyl halides is 3. The Labute approximate surface area is 175 Å². The molecule has 1 atom stereocenters. The van der Waals surface area contributed by atoms with E-state index in [9.17, 15) is 13.2 Å². The minimum absolute atomic E-state index is 0.0317. The summed E-state index contributed by atoms with van der Waals surface area (Å²) in [7, 11) is 0. The van der Waals surface area contributed by atoms with Gasteiger partial charge in [-0.1, -0.05) is 70.0 Å². The summed E-state index contributed by atoms with van der Waals surface area (Å²) in [5.41, 5.74) is 0.939. The van der Waals surface area contributed by atoms with E-state index in [-0.39, 0.29) is 5.56 Å². The standard InChI is InChI=1S/C18H15F3N4.C5H12/c1-11(10-22)23-17-13-7-3-5-9-15(13)24-16(25-17)12-6-2-4-8-14(12)18(19,20)21;1-3-5-4-2/h2-10,16,22,24H,1H2,(H,23,25);3-5H2,1-2H3. The predicted octanol–water partition coefficient (Wildman–Crippen LogP) is 6.53. The third-order valence-corrected chi connectivity index (χ3v) is 4.45. The van der Waals surface area contributed by atoms with Crippen molar-refractivity contribution in [3.05, 3.63) is 77.5 Å². The minimum atomic E-state index is -4.48. The summed E-state index contributed by atoms with van der Waals surface area (Å²) in [6.45, 7) is 8.08. The largest absolute Gasteiger partial charge is 0.416 e. The Morgan fingerprint density at radius 1 is 1.13 bits per heavy atom. The molecule has 0 fully saturated rings. The fourth-order valence-corrected chi connectivity index (χ4v) is 2.98. The van der Waals surface area contributed by atoms with Gasteiger partial charge in [0.05, 0.1) is 11.3 Å². The molecule has 1 aliphatic heterocycles. The molecule has 2 aromatic rings. The van der Waals surface area contributed by atoms with Crippen LogP contribution in [0.4, 0.5) is 18.9 Å². The number of benzene rings is 2. The van der Waals surface area contributed by atoms with E-state index < -0.39 is 17.9 Å². The molecule has 0 saturated heterocycles. The first-order valence-corrected chi connectivity index (χ1v) is 9.88. The number of fused-ring (bicyclic) bond motifs is 1. The molecular weight excluding hydrogens is 389 g/mol. The minimum Gasteiger partial charge on any atom is -0.359 e. The first-order chi connectivity index (χ1) is 14.3. The van der Waals surface area contributed by atoms with Gasteiger partial charge in [0.1, 0.15) is 12.0 Å². The molecule has 160 valence electrons. The summed E-state index contributed by atoms with van der Waals surface area (Å²) in [6.07, 6.45) is -0.288. The van der Waals surface area contributed by atoms with Gasteiger partial charge >= 0.3 is 6.18 Å². The van der Waals surface area contributed by atoms with E-state index in [0.717, 1.165) is 12.3 Å². The van der Waals surface area contributed by atoms with Crippen LogP contribution in [0, 0.1) is 5.41 Å². The van der Waals surface area contributed by atoms with Crippen molar-refractivity contribution in [2.75, 3.05) is 5.32 Å². The van der Waals surface area contributed by atoms with Crippen molar-refractivity contribution in [3.8, 4) is 0 Å². The van der Waals surface area contributed by atoms with Gasteiger partial charge in [0.2, 0.25) is 0 Å². The lowest BCUT2D eigenvalue weighted by molar-refractivity contribution is -0.138. The van der Waals surface area contributed by atoms with Crippen LogP contribution in [0.2, 0.25) is 0 Å². The van der Waals surface area contributed by atoms with Crippen molar-refractivity contribution >= 4 is 17.7 Å². The zero-order chi connectivity index (χ0) is 22.1. The van der Waals surface area contributed by atoms with Crippen LogP contribution in [0.5, 0.6) is 0 Å². The van der Waals surface area contributed by atoms with E-state index in [1.807, 2.05) is 0 Å². The predicted molar refractivity (Wildman–Crippen MR) is 117 cm³/mol. The van der Waals surface area contributed by atoms with E-state index in [0.29, 0.717) is 22.8 Å². The Morgan fingerprint density at radius 2 is 1.77 bits per heavy atom. The highest BCUT2D eigenvalue weighted by Crippen LogP contribution is 2.37. The molecule has 7 heteroatoms. The number of para-hydroxylation sites is 1. The van der Waals surface area contributed by atoms with Gasteiger partial charge in [0, 0.05) is 23.0 Å². The maximum Gasteiger partial charge on any atom is 0.416 e. The van der Waals surface area contributed by atoms with Gasteiger partial charge in [-0.2, -0.15) is 13.2 Å². The van der Waals surface area contributed by atoms with Crippen LogP contribution < -0.4 is 10.6 Å². The van der Waals surface area contributed by atoms with Crippen LogP contribution in [-0.4, -0.2) is 12.1 Å². The van der Waals surface area contributed by atoms with Crippen molar-refractivity contribution in [1.82, 2.24) is 5.32 Å². The number of nitrogens with zero attached hydrogens (tertiary/aromatic N) is 1. The molecule has 3 rings (SSSR count). The van der Waals surface area contributed by atoms with Gasteiger partial charge in [0.15, 0.2) is 0 Å². The zero-order valence-electron chi connectivity index (χ0n) is 17.2. The normalized spacial score (nSPS) is 15.0. The van der Waals surface area contributed by atoms with Crippen LogP contribution in [0.3, 0.4) is 0 Å². The number of nitrogens with one attached hydrogen (secondary N) is 3. The SMILES string of the molecule is C=C(C=N)NC1=NC(c2ccccc2C(F)(F)F)Nc2ccccc21.CCCCC. The number of hydrogen-bond acceptors (Lipinski definition) is 4. The number of unbranched alkanes of at least 4 members (excludes halogenated alkanes) is 2. The second-order valence-electron chi connectivity index (χ2n) is 6.80. The van der Waals surface area contributed by atoms with Crippen molar-refractivity contribution in [2.45, 2.75) is 45.5 Å². The molecule has 0 aromatic heterocycles. The Kier molecular flexibility index (Phi) is 8.21. The monoisotopic (exact) mass is 416 g/mol. The summed E-state index contributed by atoms with van der Waals surface area (Å²) in [6, 6.07) is 12.5. The molecule has 0 spiro atoms. The molecular formula is C23H27F3N4. The molecule has 30 heavy (non-hydrogen) atoms. The lowest BCUT2D eigenvalue weighted by Crippen LogP contribution is -2.31. The molecule has 0 aliphatic carbocycles.